The average molecular weight is 357 g/mol. The van der Waals surface area contributed by atoms with E-state index in [1.807, 2.05) is 36.0 Å². The highest BCUT2D eigenvalue weighted by Gasteiger charge is 2.14. The van der Waals surface area contributed by atoms with Crippen LogP contribution in [0, 0.1) is 6.92 Å². The van der Waals surface area contributed by atoms with E-state index < -0.39 is 0 Å². The molecule has 0 unspecified atom stereocenters. The molecule has 0 aliphatic heterocycles. The molecule has 0 saturated heterocycles. The number of nitrogens with zero attached hydrogens (tertiary/aromatic N) is 5. The summed E-state index contributed by atoms with van der Waals surface area (Å²) in [5.41, 5.74) is 2.37. The lowest BCUT2D eigenvalue weighted by atomic mass is 10.1. The lowest BCUT2D eigenvalue weighted by Crippen LogP contribution is -2.30. The Morgan fingerprint density at radius 3 is 2.88 bits per heavy atom. The van der Waals surface area contributed by atoms with E-state index in [1.54, 1.807) is 6.33 Å². The smallest absolute Gasteiger partial charge is 0.198 e. The van der Waals surface area contributed by atoms with Crippen LogP contribution in [0.5, 0.6) is 0 Å². The molecule has 3 heterocycles. The van der Waals surface area contributed by atoms with Crippen molar-refractivity contribution in [3.8, 4) is 0 Å². The molecular formula is C18H23N5OS. The Kier molecular flexibility index (Phi) is 5.55. The number of aromatic nitrogens is 4. The molecule has 0 fully saturated rings. The normalized spacial score (nSPS) is 12.7. The van der Waals surface area contributed by atoms with Crippen LogP contribution in [-0.4, -0.2) is 37.7 Å². The van der Waals surface area contributed by atoms with Gasteiger partial charge >= 0.3 is 0 Å². The number of rotatable bonds is 7. The highest BCUT2D eigenvalue weighted by Crippen LogP contribution is 2.27. The number of furan rings is 1. The molecule has 0 bridgehead atoms. The lowest BCUT2D eigenvalue weighted by molar-refractivity contribution is 0.222. The highest BCUT2D eigenvalue weighted by molar-refractivity contribution is 7.99. The topological polar surface area (TPSA) is 60.0 Å². The second-order valence-corrected chi connectivity index (χ2v) is 7.31. The Morgan fingerprint density at radius 1 is 1.32 bits per heavy atom. The van der Waals surface area contributed by atoms with Gasteiger partial charge in [-0.15, -0.1) is 10.2 Å². The second-order valence-electron chi connectivity index (χ2n) is 6.34. The molecule has 0 aliphatic carbocycles. The van der Waals surface area contributed by atoms with Gasteiger partial charge in [0.05, 0.1) is 6.54 Å². The molecule has 0 radical (unpaired) electrons. The van der Waals surface area contributed by atoms with Gasteiger partial charge in [0.1, 0.15) is 12.1 Å². The van der Waals surface area contributed by atoms with Crippen molar-refractivity contribution < 1.29 is 4.42 Å². The third-order valence-corrected chi connectivity index (χ3v) is 5.11. The van der Waals surface area contributed by atoms with Crippen LogP contribution < -0.4 is 0 Å². The van der Waals surface area contributed by atoms with Crippen LogP contribution in [0.1, 0.15) is 23.9 Å². The molecule has 7 heteroatoms. The highest BCUT2D eigenvalue weighted by atomic mass is 32.2. The number of aryl methyl sites for hydroxylation is 2. The molecule has 0 aliphatic rings. The van der Waals surface area contributed by atoms with Gasteiger partial charge in [-0.1, -0.05) is 0 Å². The van der Waals surface area contributed by atoms with Gasteiger partial charge in [-0.05, 0) is 62.5 Å². The minimum absolute atomic E-state index is 0.370. The molecular weight excluding hydrogens is 334 g/mol. The zero-order chi connectivity index (χ0) is 17.8. The van der Waals surface area contributed by atoms with Crippen molar-refractivity contribution in [1.82, 2.24) is 24.6 Å². The Morgan fingerprint density at radius 2 is 2.16 bits per heavy atom. The van der Waals surface area contributed by atoms with Crippen molar-refractivity contribution in [3.05, 3.63) is 53.8 Å². The minimum Gasteiger partial charge on any atom is -0.453 e. The van der Waals surface area contributed by atoms with Crippen molar-refractivity contribution >= 4 is 11.8 Å². The lowest BCUT2D eigenvalue weighted by Gasteiger charge is -2.23. The third-order valence-electron chi connectivity index (χ3n) is 4.13. The van der Waals surface area contributed by atoms with Crippen molar-refractivity contribution in [2.45, 2.75) is 43.1 Å². The number of likely N-dealkylation sites (N-methyl/N-ethyl adjacent to an activating group) is 1. The zero-order valence-electron chi connectivity index (χ0n) is 15.0. The molecule has 3 rings (SSSR count). The van der Waals surface area contributed by atoms with Gasteiger partial charge in [-0.25, -0.2) is 0 Å². The summed E-state index contributed by atoms with van der Waals surface area (Å²) in [4.78, 5) is 6.73. The van der Waals surface area contributed by atoms with Crippen LogP contribution in [0.3, 0.4) is 0 Å². The fraction of sp³-hybridized carbons (Fsp3) is 0.389. The van der Waals surface area contributed by atoms with Gasteiger partial charge in [-0.3, -0.25) is 9.88 Å². The molecule has 0 spiro atoms. The third kappa shape index (κ3) is 4.70. The number of hydrogen-bond donors (Lipinski definition) is 0. The van der Waals surface area contributed by atoms with E-state index in [0.29, 0.717) is 6.04 Å². The van der Waals surface area contributed by atoms with E-state index >= 15 is 0 Å². The zero-order valence-corrected chi connectivity index (χ0v) is 15.8. The monoisotopic (exact) mass is 357 g/mol. The fourth-order valence-electron chi connectivity index (χ4n) is 2.52. The Bertz CT molecular complexity index is 828. The van der Waals surface area contributed by atoms with Gasteiger partial charge in [0, 0.05) is 31.4 Å². The summed E-state index contributed by atoms with van der Waals surface area (Å²) < 4.78 is 7.80. The molecule has 0 saturated carbocycles. The van der Waals surface area contributed by atoms with Gasteiger partial charge in [0.25, 0.3) is 0 Å². The molecule has 3 aromatic rings. The first-order valence-electron chi connectivity index (χ1n) is 8.23. The summed E-state index contributed by atoms with van der Waals surface area (Å²) in [7, 11) is 4.03. The van der Waals surface area contributed by atoms with E-state index in [1.165, 1.54) is 17.3 Å². The summed E-state index contributed by atoms with van der Waals surface area (Å²) in [5, 5.41) is 9.58. The van der Waals surface area contributed by atoms with Crippen molar-refractivity contribution in [1.29, 1.82) is 0 Å². The minimum atomic E-state index is 0.370. The van der Waals surface area contributed by atoms with E-state index in [0.717, 1.165) is 34.7 Å². The van der Waals surface area contributed by atoms with Gasteiger partial charge < -0.3 is 8.98 Å². The van der Waals surface area contributed by atoms with Crippen LogP contribution in [0.15, 0.2) is 51.5 Å². The number of pyridine rings is 1. The SMILES string of the molecule is Cc1ccnc(C[C@@H](C)N(C)Cc2ccc(Sc3nncn3C)o2)c1. The maximum atomic E-state index is 5.93. The van der Waals surface area contributed by atoms with Crippen LogP contribution in [0.4, 0.5) is 0 Å². The Balaban J connectivity index is 1.57. The standard InChI is InChI=1S/C18H23N5OS/c1-13-7-8-19-15(9-13)10-14(2)22(3)11-16-5-6-17(24-16)25-18-21-20-12-23(18)4/h5-9,12,14H,10-11H2,1-4H3/t14-/m1/s1. The summed E-state index contributed by atoms with van der Waals surface area (Å²) in [5.74, 6) is 0.941. The molecule has 3 aromatic heterocycles. The van der Waals surface area contributed by atoms with Gasteiger partial charge in [0.2, 0.25) is 0 Å². The molecule has 0 aromatic carbocycles. The van der Waals surface area contributed by atoms with Gasteiger partial charge in [-0.2, -0.15) is 0 Å². The summed E-state index contributed by atoms with van der Waals surface area (Å²) in [6.45, 7) is 5.06. The summed E-state index contributed by atoms with van der Waals surface area (Å²) in [6.07, 6.45) is 4.47. The molecule has 1 atom stereocenters. The first kappa shape index (κ1) is 17.7. The largest absolute Gasteiger partial charge is 0.453 e. The predicted octanol–water partition coefficient (Wildman–Crippen LogP) is 3.33. The van der Waals surface area contributed by atoms with Crippen LogP contribution in [0.25, 0.3) is 0 Å². The fourth-order valence-corrected chi connectivity index (χ4v) is 3.27. The second kappa shape index (κ2) is 7.84. The first-order valence-corrected chi connectivity index (χ1v) is 9.05. The van der Waals surface area contributed by atoms with E-state index in [-0.39, 0.29) is 0 Å². The Labute approximate surface area is 152 Å². The average Bonchev–Trinajstić information content (AvgIpc) is 3.17. The van der Waals surface area contributed by atoms with Crippen LogP contribution in [0.2, 0.25) is 0 Å². The molecule has 6 nitrogen and oxygen atoms in total. The van der Waals surface area contributed by atoms with Crippen molar-refractivity contribution in [3.63, 3.8) is 0 Å². The molecule has 132 valence electrons. The quantitative estimate of drug-likeness (QED) is 0.646. The summed E-state index contributed by atoms with van der Waals surface area (Å²) >= 11 is 1.48. The van der Waals surface area contributed by atoms with E-state index in [9.17, 15) is 0 Å². The predicted molar refractivity (Wildman–Crippen MR) is 97.4 cm³/mol. The molecule has 0 amide bonds. The van der Waals surface area contributed by atoms with Crippen molar-refractivity contribution in [2.24, 2.45) is 7.05 Å². The Hall–Kier alpha value is -2.12. The molecule has 25 heavy (non-hydrogen) atoms. The maximum absolute atomic E-state index is 5.93. The van der Waals surface area contributed by atoms with Crippen LogP contribution in [-0.2, 0) is 20.0 Å². The maximum Gasteiger partial charge on any atom is 0.198 e. The van der Waals surface area contributed by atoms with E-state index in [4.69, 9.17) is 4.42 Å². The molecule has 0 N–H and O–H groups in total. The van der Waals surface area contributed by atoms with E-state index in [2.05, 4.69) is 47.0 Å². The van der Waals surface area contributed by atoms with Gasteiger partial charge in [0.15, 0.2) is 10.2 Å². The van der Waals surface area contributed by atoms with Crippen LogP contribution >= 0.6 is 11.8 Å². The first-order chi connectivity index (χ1) is 12.0. The number of hydrogen-bond acceptors (Lipinski definition) is 6. The van der Waals surface area contributed by atoms with Crippen molar-refractivity contribution in [2.75, 3.05) is 7.05 Å². The summed E-state index contributed by atoms with van der Waals surface area (Å²) in [6, 6.07) is 8.54.